The molecule has 0 aromatic rings. The fraction of sp³-hybridized carbons (Fsp3) is 0.800. The number of rotatable bonds is 7. The number of amides is 1. The SMILES string of the molecule is C.C.COCCC(=O)NCCCC=O. The Hall–Kier alpha value is -0.900. The van der Waals surface area contributed by atoms with E-state index < -0.39 is 0 Å². The summed E-state index contributed by atoms with van der Waals surface area (Å²) in [4.78, 5) is 20.8. The van der Waals surface area contributed by atoms with Crippen LogP contribution in [0.5, 0.6) is 0 Å². The van der Waals surface area contributed by atoms with Gasteiger partial charge in [0.05, 0.1) is 6.61 Å². The van der Waals surface area contributed by atoms with Gasteiger partial charge < -0.3 is 14.8 Å². The van der Waals surface area contributed by atoms with Gasteiger partial charge in [-0.05, 0) is 6.42 Å². The molecule has 0 aliphatic carbocycles. The van der Waals surface area contributed by atoms with Crippen LogP contribution in [-0.4, -0.2) is 32.5 Å². The van der Waals surface area contributed by atoms with Crippen molar-refractivity contribution < 1.29 is 14.3 Å². The third-order valence-corrected chi connectivity index (χ3v) is 1.35. The van der Waals surface area contributed by atoms with Gasteiger partial charge in [-0.1, -0.05) is 14.9 Å². The number of hydrogen-bond donors (Lipinski definition) is 1. The number of carbonyl (C=O) groups excluding carboxylic acids is 2. The van der Waals surface area contributed by atoms with E-state index in [4.69, 9.17) is 4.74 Å². The zero-order valence-electron chi connectivity index (χ0n) is 7.34. The molecule has 0 unspecified atom stereocenters. The highest BCUT2D eigenvalue weighted by Gasteiger charge is 1.98. The molecule has 0 heterocycles. The maximum absolute atomic E-state index is 10.9. The van der Waals surface area contributed by atoms with Crippen LogP contribution in [0.2, 0.25) is 0 Å². The van der Waals surface area contributed by atoms with E-state index in [1.807, 2.05) is 0 Å². The number of aldehydes is 1. The fourth-order valence-corrected chi connectivity index (χ4v) is 0.696. The molecule has 0 bridgehead atoms. The van der Waals surface area contributed by atoms with Gasteiger partial charge >= 0.3 is 0 Å². The summed E-state index contributed by atoms with van der Waals surface area (Å²) in [6.45, 7) is 1.01. The second kappa shape index (κ2) is 14.6. The highest BCUT2D eigenvalue weighted by atomic mass is 16.5. The largest absolute Gasteiger partial charge is 0.384 e. The molecule has 14 heavy (non-hydrogen) atoms. The molecule has 1 N–H and O–H groups in total. The number of carbonyl (C=O) groups is 2. The van der Waals surface area contributed by atoms with Crippen molar-refractivity contribution in [2.45, 2.75) is 34.1 Å². The minimum absolute atomic E-state index is 0. The van der Waals surface area contributed by atoms with E-state index in [1.54, 1.807) is 7.11 Å². The van der Waals surface area contributed by atoms with E-state index >= 15 is 0 Å². The van der Waals surface area contributed by atoms with Crippen molar-refractivity contribution in [3.63, 3.8) is 0 Å². The molecule has 0 spiro atoms. The lowest BCUT2D eigenvalue weighted by Gasteiger charge is -2.02. The molecular formula is C10H23NO3. The van der Waals surface area contributed by atoms with Gasteiger partial charge in [0.2, 0.25) is 5.91 Å². The van der Waals surface area contributed by atoms with Crippen LogP contribution in [0.3, 0.4) is 0 Å². The molecule has 0 radical (unpaired) electrons. The molecule has 4 nitrogen and oxygen atoms in total. The van der Waals surface area contributed by atoms with Crippen LogP contribution in [0.1, 0.15) is 34.1 Å². The van der Waals surface area contributed by atoms with E-state index in [0.29, 0.717) is 32.4 Å². The van der Waals surface area contributed by atoms with Crippen LogP contribution in [0.15, 0.2) is 0 Å². The molecule has 0 atom stereocenters. The number of nitrogens with one attached hydrogen (secondary N) is 1. The number of ether oxygens (including phenoxy) is 1. The van der Waals surface area contributed by atoms with Gasteiger partial charge in [-0.3, -0.25) is 4.79 Å². The van der Waals surface area contributed by atoms with Crippen molar-refractivity contribution in [1.29, 1.82) is 0 Å². The minimum Gasteiger partial charge on any atom is -0.384 e. The first kappa shape index (κ1) is 18.8. The van der Waals surface area contributed by atoms with Crippen LogP contribution in [0.25, 0.3) is 0 Å². The van der Waals surface area contributed by atoms with Gasteiger partial charge in [0.15, 0.2) is 0 Å². The molecule has 86 valence electrons. The molecule has 0 saturated heterocycles. The normalized spacial score (nSPS) is 8.07. The Morgan fingerprint density at radius 3 is 2.57 bits per heavy atom. The first-order chi connectivity index (χ1) is 5.81. The van der Waals surface area contributed by atoms with Crippen LogP contribution in [-0.2, 0) is 14.3 Å². The van der Waals surface area contributed by atoms with Gasteiger partial charge in [-0.2, -0.15) is 0 Å². The summed E-state index contributed by atoms with van der Waals surface area (Å²) in [5, 5.41) is 2.67. The van der Waals surface area contributed by atoms with Gasteiger partial charge in [0.25, 0.3) is 0 Å². The topological polar surface area (TPSA) is 55.4 Å². The molecule has 0 aliphatic heterocycles. The van der Waals surface area contributed by atoms with Crippen LogP contribution >= 0.6 is 0 Å². The lowest BCUT2D eigenvalue weighted by Crippen LogP contribution is -2.25. The molecule has 0 fully saturated rings. The second-order valence-corrected chi connectivity index (χ2v) is 2.40. The maximum atomic E-state index is 10.9. The molecule has 0 aliphatic rings. The summed E-state index contributed by atoms with van der Waals surface area (Å²) in [5.74, 6) is -0.0252. The molecular weight excluding hydrogens is 182 g/mol. The Kier molecular flexibility index (Phi) is 19.6. The van der Waals surface area contributed by atoms with Crippen molar-refractivity contribution in [3.8, 4) is 0 Å². The fourth-order valence-electron chi connectivity index (χ4n) is 0.696. The summed E-state index contributed by atoms with van der Waals surface area (Å²) < 4.78 is 4.72. The first-order valence-corrected chi connectivity index (χ1v) is 4.00. The van der Waals surface area contributed by atoms with Crippen LogP contribution < -0.4 is 5.32 Å². The third kappa shape index (κ3) is 13.7. The Labute approximate surface area is 87.0 Å². The van der Waals surface area contributed by atoms with Crippen molar-refractivity contribution >= 4 is 12.2 Å². The molecule has 0 rings (SSSR count). The van der Waals surface area contributed by atoms with Gasteiger partial charge in [0, 0.05) is 26.5 Å². The predicted molar refractivity (Wildman–Crippen MR) is 58.3 cm³/mol. The standard InChI is InChI=1S/C8H15NO3.2CH4/c1-12-7-4-8(11)9-5-2-3-6-10;;/h6H,2-5,7H2,1H3,(H,9,11);2*1H4. The van der Waals surface area contributed by atoms with Gasteiger partial charge in [-0.25, -0.2) is 0 Å². The van der Waals surface area contributed by atoms with Crippen molar-refractivity contribution in [2.75, 3.05) is 20.3 Å². The summed E-state index contributed by atoms with van der Waals surface area (Å²) in [7, 11) is 1.56. The number of methoxy groups -OCH3 is 1. The van der Waals surface area contributed by atoms with Crippen molar-refractivity contribution in [1.82, 2.24) is 5.32 Å². The Balaban J connectivity index is -0.000000605. The molecule has 1 amide bonds. The lowest BCUT2D eigenvalue weighted by atomic mass is 10.3. The zero-order chi connectivity index (χ0) is 9.23. The van der Waals surface area contributed by atoms with Gasteiger partial charge in [-0.15, -0.1) is 0 Å². The summed E-state index contributed by atoms with van der Waals surface area (Å²) in [6.07, 6.45) is 2.45. The minimum atomic E-state index is -0.0252. The zero-order valence-corrected chi connectivity index (χ0v) is 7.34. The lowest BCUT2D eigenvalue weighted by molar-refractivity contribution is -0.122. The average Bonchev–Trinajstić information content (AvgIpc) is 2.09. The smallest absolute Gasteiger partial charge is 0.222 e. The van der Waals surface area contributed by atoms with Gasteiger partial charge in [0.1, 0.15) is 6.29 Å². The molecule has 0 aromatic carbocycles. The van der Waals surface area contributed by atoms with Crippen LogP contribution in [0.4, 0.5) is 0 Å². The summed E-state index contributed by atoms with van der Waals surface area (Å²) >= 11 is 0. The second-order valence-electron chi connectivity index (χ2n) is 2.40. The number of hydrogen-bond acceptors (Lipinski definition) is 3. The predicted octanol–water partition coefficient (Wildman–Crippen LogP) is 1.39. The van der Waals surface area contributed by atoms with E-state index in [2.05, 4.69) is 5.32 Å². The van der Waals surface area contributed by atoms with Crippen LogP contribution in [0, 0.1) is 0 Å². The van der Waals surface area contributed by atoms with E-state index in [1.165, 1.54) is 0 Å². The van der Waals surface area contributed by atoms with E-state index in [9.17, 15) is 9.59 Å². The van der Waals surface area contributed by atoms with Crippen molar-refractivity contribution in [3.05, 3.63) is 0 Å². The van der Waals surface area contributed by atoms with E-state index in [-0.39, 0.29) is 20.8 Å². The summed E-state index contributed by atoms with van der Waals surface area (Å²) in [5.41, 5.74) is 0. The third-order valence-electron chi connectivity index (χ3n) is 1.35. The summed E-state index contributed by atoms with van der Waals surface area (Å²) in [6, 6.07) is 0. The Morgan fingerprint density at radius 1 is 1.43 bits per heavy atom. The quantitative estimate of drug-likeness (QED) is 0.505. The first-order valence-electron chi connectivity index (χ1n) is 4.00. The van der Waals surface area contributed by atoms with Crippen molar-refractivity contribution in [2.24, 2.45) is 0 Å². The molecule has 0 saturated carbocycles. The highest BCUT2D eigenvalue weighted by molar-refractivity contribution is 5.75. The molecule has 0 aromatic heterocycles. The Morgan fingerprint density at radius 2 is 2.07 bits per heavy atom. The van der Waals surface area contributed by atoms with E-state index in [0.717, 1.165) is 6.29 Å². The average molecular weight is 205 g/mol. The monoisotopic (exact) mass is 205 g/mol. The maximum Gasteiger partial charge on any atom is 0.222 e. The highest BCUT2D eigenvalue weighted by Crippen LogP contribution is 1.84. The Bertz CT molecular complexity index is 137. The molecule has 4 heteroatoms. The number of unbranched alkanes of at least 4 members (excludes halogenated alkanes) is 1.